The Balaban J connectivity index is 2.28. The van der Waals surface area contributed by atoms with Gasteiger partial charge in [0, 0.05) is 36.1 Å². The molecule has 0 heterocycles. The standard InChI is InChI=1S/C21H25ClFN3O4/c1-4-29-15-10-16(18(23)17(11-15)30-5-2)19(28-3)21(27)26(22)12-13-6-8-14(9-7-13)20(24)25/h6-11,19H,4-5,12H2,1-3H3,(H3,24,25). The summed E-state index contributed by atoms with van der Waals surface area (Å²) in [5.41, 5.74) is 6.66. The highest BCUT2D eigenvalue weighted by molar-refractivity contribution is 6.21. The van der Waals surface area contributed by atoms with Crippen LogP contribution in [0, 0.1) is 11.2 Å². The molecule has 0 saturated carbocycles. The number of halogens is 2. The second-order valence-corrected chi connectivity index (χ2v) is 6.68. The largest absolute Gasteiger partial charge is 0.494 e. The normalized spacial score (nSPS) is 11.6. The van der Waals surface area contributed by atoms with E-state index in [2.05, 4.69) is 0 Å². The maximum Gasteiger partial charge on any atom is 0.271 e. The number of nitrogens with one attached hydrogen (secondary N) is 1. The summed E-state index contributed by atoms with van der Waals surface area (Å²) in [4.78, 5) is 12.9. The zero-order valence-electron chi connectivity index (χ0n) is 17.1. The van der Waals surface area contributed by atoms with Gasteiger partial charge in [-0.15, -0.1) is 0 Å². The van der Waals surface area contributed by atoms with Gasteiger partial charge in [0.15, 0.2) is 17.7 Å². The summed E-state index contributed by atoms with van der Waals surface area (Å²) in [5, 5.41) is 7.42. The number of hydrogen-bond donors (Lipinski definition) is 2. The monoisotopic (exact) mass is 437 g/mol. The molecule has 0 fully saturated rings. The summed E-state index contributed by atoms with van der Waals surface area (Å²) >= 11 is 6.20. The minimum Gasteiger partial charge on any atom is -0.494 e. The number of nitrogens with two attached hydrogens (primary N) is 1. The minimum atomic E-state index is -1.29. The SMILES string of the molecule is CCOc1cc(OCC)c(F)c(C(OC)C(=O)N(Cl)Cc2ccc(C(=N)N)cc2)c1. The summed E-state index contributed by atoms with van der Waals surface area (Å²) in [6.45, 7) is 4.17. The molecule has 1 atom stereocenters. The Hall–Kier alpha value is -2.84. The number of nitrogen functional groups attached to an aromatic ring is 1. The fourth-order valence-electron chi connectivity index (χ4n) is 2.81. The van der Waals surface area contributed by atoms with E-state index in [-0.39, 0.29) is 30.3 Å². The molecule has 0 spiro atoms. The third-order valence-electron chi connectivity index (χ3n) is 4.22. The van der Waals surface area contributed by atoms with Gasteiger partial charge in [0.1, 0.15) is 11.6 Å². The van der Waals surface area contributed by atoms with Crippen LogP contribution >= 0.6 is 11.8 Å². The van der Waals surface area contributed by atoms with Crippen molar-refractivity contribution in [3.05, 3.63) is 58.9 Å². The smallest absolute Gasteiger partial charge is 0.271 e. The van der Waals surface area contributed by atoms with Gasteiger partial charge in [-0.1, -0.05) is 24.3 Å². The first-order chi connectivity index (χ1) is 14.3. The first kappa shape index (κ1) is 23.4. The van der Waals surface area contributed by atoms with E-state index in [1.165, 1.54) is 19.2 Å². The van der Waals surface area contributed by atoms with Crippen molar-refractivity contribution in [3.8, 4) is 11.5 Å². The van der Waals surface area contributed by atoms with Gasteiger partial charge in [-0.2, -0.15) is 0 Å². The zero-order valence-corrected chi connectivity index (χ0v) is 17.8. The highest BCUT2D eigenvalue weighted by Gasteiger charge is 2.30. The molecule has 0 bridgehead atoms. The summed E-state index contributed by atoms with van der Waals surface area (Å²) in [5.74, 6) is -1.10. The molecule has 9 heteroatoms. The van der Waals surface area contributed by atoms with E-state index in [4.69, 9.17) is 37.1 Å². The first-order valence-corrected chi connectivity index (χ1v) is 9.68. The number of benzene rings is 2. The molecule has 3 N–H and O–H groups in total. The van der Waals surface area contributed by atoms with Gasteiger partial charge in [-0.25, -0.2) is 8.81 Å². The Morgan fingerprint density at radius 1 is 1.20 bits per heavy atom. The summed E-state index contributed by atoms with van der Waals surface area (Å²) in [6.07, 6.45) is -1.29. The van der Waals surface area contributed by atoms with E-state index >= 15 is 0 Å². The average molecular weight is 438 g/mol. The number of amidine groups is 1. The fraction of sp³-hybridized carbons (Fsp3) is 0.333. The van der Waals surface area contributed by atoms with Crippen LogP contribution in [0.15, 0.2) is 36.4 Å². The summed E-state index contributed by atoms with van der Waals surface area (Å²) in [7, 11) is 1.29. The lowest BCUT2D eigenvalue weighted by Crippen LogP contribution is -2.29. The maximum atomic E-state index is 15.0. The van der Waals surface area contributed by atoms with Gasteiger partial charge in [-0.05, 0) is 25.5 Å². The molecule has 0 radical (unpaired) electrons. The van der Waals surface area contributed by atoms with Gasteiger partial charge in [0.25, 0.3) is 5.91 Å². The molecule has 162 valence electrons. The lowest BCUT2D eigenvalue weighted by atomic mass is 10.1. The number of carbonyl (C=O) groups is 1. The van der Waals surface area contributed by atoms with Crippen molar-refractivity contribution in [1.82, 2.24) is 4.42 Å². The Kier molecular flexibility index (Phi) is 8.44. The quantitative estimate of drug-likeness (QED) is 0.335. The van der Waals surface area contributed by atoms with Gasteiger partial charge in [0.05, 0.1) is 19.8 Å². The van der Waals surface area contributed by atoms with Crippen LogP contribution in [-0.2, 0) is 16.1 Å². The van der Waals surface area contributed by atoms with Crippen LogP contribution in [0.2, 0.25) is 0 Å². The van der Waals surface area contributed by atoms with Crippen LogP contribution < -0.4 is 15.2 Å². The van der Waals surface area contributed by atoms with Crippen LogP contribution in [0.3, 0.4) is 0 Å². The highest BCUT2D eigenvalue weighted by atomic mass is 35.5. The van der Waals surface area contributed by atoms with Gasteiger partial charge in [-0.3, -0.25) is 10.2 Å². The molecule has 2 aromatic carbocycles. The Morgan fingerprint density at radius 2 is 1.83 bits per heavy atom. The zero-order chi connectivity index (χ0) is 22.3. The maximum absolute atomic E-state index is 15.0. The van der Waals surface area contributed by atoms with Crippen molar-refractivity contribution in [3.63, 3.8) is 0 Å². The van der Waals surface area contributed by atoms with Crippen LogP contribution in [0.4, 0.5) is 4.39 Å². The van der Waals surface area contributed by atoms with Crippen molar-refractivity contribution >= 4 is 23.5 Å². The van der Waals surface area contributed by atoms with Crippen LogP contribution in [-0.4, -0.2) is 36.5 Å². The lowest BCUT2D eigenvalue weighted by molar-refractivity contribution is -0.138. The third kappa shape index (κ3) is 5.61. The van der Waals surface area contributed by atoms with Crippen LogP contribution in [0.5, 0.6) is 11.5 Å². The van der Waals surface area contributed by atoms with Crippen molar-refractivity contribution < 1.29 is 23.4 Å². The number of amides is 1. The number of ether oxygens (including phenoxy) is 3. The van der Waals surface area contributed by atoms with Crippen LogP contribution in [0.25, 0.3) is 0 Å². The molecule has 1 unspecified atom stereocenters. The predicted octanol–water partition coefficient (Wildman–Crippen LogP) is 3.78. The topological polar surface area (TPSA) is 97.9 Å². The highest BCUT2D eigenvalue weighted by Crippen LogP contribution is 2.34. The van der Waals surface area contributed by atoms with Gasteiger partial charge < -0.3 is 19.9 Å². The second-order valence-electron chi connectivity index (χ2n) is 6.28. The van der Waals surface area contributed by atoms with E-state index < -0.39 is 17.8 Å². The lowest BCUT2D eigenvalue weighted by Gasteiger charge is -2.22. The third-order valence-corrected chi connectivity index (χ3v) is 4.51. The molecule has 7 nitrogen and oxygen atoms in total. The summed E-state index contributed by atoms with van der Waals surface area (Å²) < 4.78 is 32.0. The van der Waals surface area contributed by atoms with Crippen molar-refractivity contribution in [2.24, 2.45) is 5.73 Å². The molecule has 0 aromatic heterocycles. The molecule has 0 aliphatic heterocycles. The predicted molar refractivity (Wildman–Crippen MR) is 112 cm³/mol. The van der Waals surface area contributed by atoms with Gasteiger partial charge in [0.2, 0.25) is 0 Å². The number of methoxy groups -OCH3 is 1. The van der Waals surface area contributed by atoms with Gasteiger partial charge >= 0.3 is 0 Å². The Morgan fingerprint density at radius 3 is 2.37 bits per heavy atom. The first-order valence-electron chi connectivity index (χ1n) is 9.34. The number of rotatable bonds is 10. The molecule has 30 heavy (non-hydrogen) atoms. The molecule has 2 aromatic rings. The van der Waals surface area contributed by atoms with E-state index in [1.54, 1.807) is 38.1 Å². The number of hydrogen-bond acceptors (Lipinski definition) is 5. The number of carbonyl (C=O) groups excluding carboxylic acids is 1. The molecule has 0 saturated heterocycles. The molecule has 2 rings (SSSR count). The van der Waals surface area contributed by atoms with E-state index in [1.807, 2.05) is 0 Å². The van der Waals surface area contributed by atoms with E-state index in [9.17, 15) is 9.18 Å². The molecular weight excluding hydrogens is 413 g/mol. The molecule has 0 aliphatic rings. The van der Waals surface area contributed by atoms with Crippen molar-refractivity contribution in [1.29, 1.82) is 5.41 Å². The van der Waals surface area contributed by atoms with Crippen molar-refractivity contribution in [2.75, 3.05) is 20.3 Å². The molecular formula is C21H25ClFN3O4. The summed E-state index contributed by atoms with van der Waals surface area (Å²) in [6, 6.07) is 9.54. The Bertz CT molecular complexity index is 893. The average Bonchev–Trinajstić information content (AvgIpc) is 2.72. The Labute approximate surface area is 180 Å². The fourth-order valence-corrected chi connectivity index (χ4v) is 3.04. The van der Waals surface area contributed by atoms with Crippen molar-refractivity contribution in [2.45, 2.75) is 26.5 Å². The van der Waals surface area contributed by atoms with Crippen LogP contribution in [0.1, 0.15) is 36.6 Å². The molecule has 1 amide bonds. The van der Waals surface area contributed by atoms with E-state index in [0.29, 0.717) is 23.5 Å². The molecule has 0 aliphatic carbocycles. The van der Waals surface area contributed by atoms with E-state index in [0.717, 1.165) is 4.42 Å². The second kappa shape index (κ2) is 10.8. The minimum absolute atomic E-state index is 0.0329. The number of nitrogens with zero attached hydrogens (tertiary/aromatic N) is 1.